The molecule has 5 rings (SSSR count). The number of fused-ring (bicyclic) bond motifs is 3. The molecule has 3 unspecified atom stereocenters. The Bertz CT molecular complexity index is 1160. The summed E-state index contributed by atoms with van der Waals surface area (Å²) in [6.45, 7) is 2.53. The van der Waals surface area contributed by atoms with Crippen molar-refractivity contribution in [3.63, 3.8) is 0 Å². The van der Waals surface area contributed by atoms with Crippen LogP contribution in [0.1, 0.15) is 29.5 Å². The lowest BCUT2D eigenvalue weighted by atomic mass is 9.77. The third kappa shape index (κ3) is 3.56. The topological polar surface area (TPSA) is 82.1 Å². The van der Waals surface area contributed by atoms with Gasteiger partial charge in [0.05, 0.1) is 18.0 Å². The molecule has 170 valence electrons. The summed E-state index contributed by atoms with van der Waals surface area (Å²) in [7, 11) is 0.0448. The molecule has 0 saturated carbocycles. The number of methoxy groups -OCH3 is 1. The minimum absolute atomic E-state index is 0.0390. The number of likely N-dealkylation sites (N-methyl/N-ethyl adjacent to an activating group) is 1. The molecule has 2 N–H and O–H groups in total. The molecule has 3 atom stereocenters. The molecule has 1 aliphatic carbocycles. The van der Waals surface area contributed by atoms with Crippen molar-refractivity contribution in [1.82, 2.24) is 9.21 Å². The summed E-state index contributed by atoms with van der Waals surface area (Å²) in [6, 6.07) is 11.0. The largest absolute Gasteiger partial charge is 0.504 e. The molecule has 0 amide bonds. The quantitative estimate of drug-likeness (QED) is 0.690. The molecule has 0 radical (unpaired) electrons. The average molecular weight is 456 g/mol. The number of nitrogens with one attached hydrogen (secondary N) is 1. The number of hydrogen-bond acceptors (Lipinski definition) is 6. The van der Waals surface area contributed by atoms with E-state index in [1.54, 1.807) is 23.5 Å². The van der Waals surface area contributed by atoms with Gasteiger partial charge in [-0.1, -0.05) is 18.2 Å². The highest BCUT2D eigenvalue weighted by Crippen LogP contribution is 2.51. The lowest BCUT2D eigenvalue weighted by molar-refractivity contribution is 0.222. The van der Waals surface area contributed by atoms with Crippen LogP contribution in [-0.2, 0) is 10.0 Å². The average Bonchev–Trinajstić information content (AvgIpc) is 3.29. The first-order valence-electron chi connectivity index (χ1n) is 11.0. The maximum atomic E-state index is 13.3. The zero-order chi connectivity index (χ0) is 22.5. The number of piperazine rings is 1. The number of ether oxygens (including phenoxy) is 1. The number of phenolic OH excluding ortho intramolecular Hbond substituents is 1. The van der Waals surface area contributed by atoms with Gasteiger partial charge in [-0.05, 0) is 60.8 Å². The van der Waals surface area contributed by atoms with Gasteiger partial charge in [-0.15, -0.1) is 0 Å². The van der Waals surface area contributed by atoms with Gasteiger partial charge in [-0.2, -0.15) is 4.31 Å². The zero-order valence-electron chi connectivity index (χ0n) is 18.4. The van der Waals surface area contributed by atoms with Crippen LogP contribution in [0, 0.1) is 5.92 Å². The van der Waals surface area contributed by atoms with E-state index < -0.39 is 10.0 Å². The van der Waals surface area contributed by atoms with Gasteiger partial charge in [0.15, 0.2) is 11.5 Å². The molecule has 2 heterocycles. The van der Waals surface area contributed by atoms with Gasteiger partial charge in [-0.25, -0.2) is 8.42 Å². The van der Waals surface area contributed by atoms with Crippen LogP contribution >= 0.6 is 0 Å². The summed E-state index contributed by atoms with van der Waals surface area (Å²) in [5, 5.41) is 13.6. The van der Waals surface area contributed by atoms with Crippen LogP contribution in [-0.4, -0.2) is 63.1 Å². The van der Waals surface area contributed by atoms with E-state index in [-0.39, 0.29) is 23.6 Å². The number of rotatable bonds is 4. The Labute approximate surface area is 189 Å². The maximum absolute atomic E-state index is 13.3. The second kappa shape index (κ2) is 8.10. The number of anilines is 1. The number of aromatic hydroxyl groups is 1. The van der Waals surface area contributed by atoms with Crippen LogP contribution in [0.5, 0.6) is 11.5 Å². The normalized spacial score (nSPS) is 25.8. The fraction of sp³-hybridized carbons (Fsp3) is 0.417. The van der Waals surface area contributed by atoms with Gasteiger partial charge in [0, 0.05) is 37.8 Å². The van der Waals surface area contributed by atoms with Gasteiger partial charge in [0.25, 0.3) is 0 Å². The smallest absolute Gasteiger partial charge is 0.243 e. The Kier molecular flexibility index (Phi) is 5.39. The molecule has 0 spiro atoms. The molecule has 1 saturated heterocycles. The van der Waals surface area contributed by atoms with Crippen LogP contribution in [0.3, 0.4) is 0 Å². The van der Waals surface area contributed by atoms with E-state index in [4.69, 9.17) is 4.74 Å². The van der Waals surface area contributed by atoms with Crippen molar-refractivity contribution < 1.29 is 18.3 Å². The monoisotopic (exact) mass is 455 g/mol. The zero-order valence-corrected chi connectivity index (χ0v) is 19.2. The van der Waals surface area contributed by atoms with Crippen molar-refractivity contribution in [2.45, 2.75) is 23.3 Å². The SMILES string of the molecule is COc1cc(C2Nc3ccc(S(=O)(=O)N4CCN(C)CC4)cc3C3C=CCC32)ccc1O. The third-order valence-electron chi connectivity index (χ3n) is 7.00. The lowest BCUT2D eigenvalue weighted by Gasteiger charge is -2.38. The fourth-order valence-electron chi connectivity index (χ4n) is 5.13. The van der Waals surface area contributed by atoms with E-state index in [0.29, 0.717) is 23.7 Å². The highest BCUT2D eigenvalue weighted by atomic mass is 32.2. The van der Waals surface area contributed by atoms with Gasteiger partial charge < -0.3 is 20.1 Å². The van der Waals surface area contributed by atoms with Gasteiger partial charge in [0.1, 0.15) is 0 Å². The molecule has 7 nitrogen and oxygen atoms in total. The highest BCUT2D eigenvalue weighted by Gasteiger charge is 2.39. The molecule has 0 aromatic heterocycles. The molecular formula is C24H29N3O4S. The van der Waals surface area contributed by atoms with E-state index in [0.717, 1.165) is 36.3 Å². The van der Waals surface area contributed by atoms with Crippen LogP contribution in [0.15, 0.2) is 53.4 Å². The number of nitrogens with zero attached hydrogens (tertiary/aromatic N) is 2. The second-order valence-corrected chi connectivity index (χ2v) is 10.8. The number of benzene rings is 2. The van der Waals surface area contributed by atoms with Gasteiger partial charge in [-0.3, -0.25) is 0 Å². The molecule has 2 aromatic rings. The Morgan fingerprint density at radius 1 is 1.09 bits per heavy atom. The lowest BCUT2D eigenvalue weighted by Crippen LogP contribution is -2.47. The minimum atomic E-state index is -3.52. The third-order valence-corrected chi connectivity index (χ3v) is 8.89. The van der Waals surface area contributed by atoms with E-state index in [1.807, 2.05) is 31.3 Å². The summed E-state index contributed by atoms with van der Waals surface area (Å²) in [4.78, 5) is 2.52. The van der Waals surface area contributed by atoms with Crippen molar-refractivity contribution in [2.75, 3.05) is 45.7 Å². The molecule has 3 aliphatic rings. The van der Waals surface area contributed by atoms with Gasteiger partial charge in [0.2, 0.25) is 10.0 Å². The van der Waals surface area contributed by atoms with E-state index in [9.17, 15) is 13.5 Å². The molecule has 1 fully saturated rings. The van der Waals surface area contributed by atoms with Crippen LogP contribution in [0.4, 0.5) is 5.69 Å². The number of hydrogen-bond donors (Lipinski definition) is 2. The van der Waals surface area contributed by atoms with Crippen molar-refractivity contribution in [3.8, 4) is 11.5 Å². The molecular weight excluding hydrogens is 426 g/mol. The van der Waals surface area contributed by atoms with Crippen molar-refractivity contribution in [3.05, 3.63) is 59.7 Å². The Morgan fingerprint density at radius 3 is 2.62 bits per heavy atom. The molecule has 0 bridgehead atoms. The predicted molar refractivity (Wildman–Crippen MR) is 124 cm³/mol. The molecule has 32 heavy (non-hydrogen) atoms. The number of phenols is 1. The van der Waals surface area contributed by atoms with Crippen LogP contribution in [0.25, 0.3) is 0 Å². The Morgan fingerprint density at radius 2 is 1.88 bits per heavy atom. The number of allylic oxidation sites excluding steroid dienone is 2. The Balaban J connectivity index is 1.48. The fourth-order valence-corrected chi connectivity index (χ4v) is 6.59. The van der Waals surface area contributed by atoms with E-state index >= 15 is 0 Å². The highest BCUT2D eigenvalue weighted by molar-refractivity contribution is 7.89. The molecule has 2 aromatic carbocycles. The first kappa shape index (κ1) is 21.3. The van der Waals surface area contributed by atoms with Crippen molar-refractivity contribution >= 4 is 15.7 Å². The van der Waals surface area contributed by atoms with Crippen LogP contribution < -0.4 is 10.1 Å². The van der Waals surface area contributed by atoms with E-state index in [1.165, 1.54) is 0 Å². The standard InChI is InChI=1S/C24H29N3O4S/c1-26-10-12-27(13-11-26)32(29,30)17-7-8-21-20(15-17)18-4-3-5-19(18)24(25-21)16-6-9-22(28)23(14-16)31-2/h3-4,6-9,14-15,18-19,24-25,28H,5,10-13H2,1-2H3. The molecule has 8 heteroatoms. The molecule has 2 aliphatic heterocycles. The van der Waals surface area contributed by atoms with Crippen molar-refractivity contribution in [2.24, 2.45) is 5.92 Å². The summed E-state index contributed by atoms with van der Waals surface area (Å²) in [5.41, 5.74) is 3.02. The number of sulfonamides is 1. The summed E-state index contributed by atoms with van der Waals surface area (Å²) < 4.78 is 33.5. The van der Waals surface area contributed by atoms with Crippen molar-refractivity contribution in [1.29, 1.82) is 0 Å². The first-order valence-corrected chi connectivity index (χ1v) is 12.5. The van der Waals surface area contributed by atoms with Crippen LogP contribution in [0.2, 0.25) is 0 Å². The maximum Gasteiger partial charge on any atom is 0.243 e. The predicted octanol–water partition coefficient (Wildman–Crippen LogP) is 3.16. The second-order valence-electron chi connectivity index (χ2n) is 8.86. The Hall–Kier alpha value is -2.55. The van der Waals surface area contributed by atoms with E-state index in [2.05, 4.69) is 22.4 Å². The summed E-state index contributed by atoms with van der Waals surface area (Å²) in [5.74, 6) is 0.968. The van der Waals surface area contributed by atoms with Gasteiger partial charge >= 0.3 is 0 Å². The minimum Gasteiger partial charge on any atom is -0.504 e. The summed E-state index contributed by atoms with van der Waals surface area (Å²) >= 11 is 0. The first-order chi connectivity index (χ1) is 15.4. The summed E-state index contributed by atoms with van der Waals surface area (Å²) in [6.07, 6.45) is 5.28.